The highest BCUT2D eigenvalue weighted by atomic mass is 16.6. The minimum atomic E-state index is -2.69. The maximum absolute atomic E-state index is 11.7. The maximum atomic E-state index is 11.7. The molecule has 0 bridgehead atoms. The van der Waals surface area contributed by atoms with Gasteiger partial charge in [-0.15, -0.1) is 0 Å². The number of aliphatic hydroxyl groups is 1. The highest BCUT2D eigenvalue weighted by Crippen LogP contribution is 2.36. The van der Waals surface area contributed by atoms with Crippen LogP contribution in [0.5, 0.6) is 0 Å². The van der Waals surface area contributed by atoms with E-state index in [9.17, 15) is 19.5 Å². The molecule has 0 unspecified atom stereocenters. The molecule has 0 saturated carbocycles. The van der Waals surface area contributed by atoms with E-state index < -0.39 is 35.5 Å². The molecule has 0 aromatic carbocycles. The number of esters is 1. The van der Waals surface area contributed by atoms with Crippen LogP contribution in [0.4, 0.5) is 0 Å². The molecule has 1 aliphatic rings. The molecule has 0 aromatic heterocycles. The number of carboxylic acid groups (broad SMARTS) is 2. The van der Waals surface area contributed by atoms with Crippen LogP contribution in [0.1, 0.15) is 64.7 Å². The summed E-state index contributed by atoms with van der Waals surface area (Å²) >= 11 is 0. The maximum Gasteiger partial charge on any atom is 0.348 e. The lowest BCUT2D eigenvalue weighted by atomic mass is 9.82. The number of hydrogen-bond donors (Lipinski definition) is 3. The lowest BCUT2D eigenvalue weighted by Gasteiger charge is -2.24. The van der Waals surface area contributed by atoms with Gasteiger partial charge in [0.1, 0.15) is 5.92 Å². The van der Waals surface area contributed by atoms with E-state index in [-0.39, 0.29) is 6.42 Å². The summed E-state index contributed by atoms with van der Waals surface area (Å²) in [6, 6.07) is 0. The topological polar surface area (TPSA) is 121 Å². The monoisotopic (exact) mass is 330 g/mol. The smallest absolute Gasteiger partial charge is 0.348 e. The third kappa shape index (κ3) is 4.67. The Balaban J connectivity index is 2.46. The number of ether oxygens (including phenoxy) is 1. The normalized spacial score (nSPS) is 27.0. The van der Waals surface area contributed by atoms with E-state index in [0.29, 0.717) is 6.42 Å². The van der Waals surface area contributed by atoms with Gasteiger partial charge in [-0.2, -0.15) is 0 Å². The molecule has 0 spiro atoms. The van der Waals surface area contributed by atoms with E-state index in [1.165, 1.54) is 19.3 Å². The van der Waals surface area contributed by atoms with Gasteiger partial charge >= 0.3 is 17.9 Å². The van der Waals surface area contributed by atoms with Gasteiger partial charge in [0.05, 0.1) is 0 Å². The Morgan fingerprint density at radius 3 is 2.04 bits per heavy atom. The Morgan fingerprint density at radius 1 is 1.04 bits per heavy atom. The van der Waals surface area contributed by atoms with Crippen molar-refractivity contribution in [3.8, 4) is 0 Å². The van der Waals surface area contributed by atoms with E-state index in [4.69, 9.17) is 10.2 Å². The Bertz CT molecular complexity index is 434. The van der Waals surface area contributed by atoms with Crippen LogP contribution in [0.3, 0.4) is 0 Å². The van der Waals surface area contributed by atoms with Crippen LogP contribution in [0.15, 0.2) is 0 Å². The molecular formula is C16H26O7. The summed E-state index contributed by atoms with van der Waals surface area (Å²) in [6.45, 7) is 2.15. The zero-order chi connectivity index (χ0) is 17.5. The second kappa shape index (κ2) is 8.86. The first-order valence-corrected chi connectivity index (χ1v) is 8.24. The summed E-state index contributed by atoms with van der Waals surface area (Å²) < 4.78 is 4.57. The van der Waals surface area contributed by atoms with Crippen LogP contribution in [-0.2, 0) is 19.1 Å². The van der Waals surface area contributed by atoms with Crippen molar-refractivity contribution in [3.63, 3.8) is 0 Å². The second-order valence-corrected chi connectivity index (χ2v) is 6.10. The first kappa shape index (κ1) is 19.4. The van der Waals surface area contributed by atoms with Crippen molar-refractivity contribution in [2.24, 2.45) is 5.92 Å². The van der Waals surface area contributed by atoms with Crippen molar-refractivity contribution in [1.29, 1.82) is 0 Å². The molecule has 0 radical (unpaired) electrons. The largest absolute Gasteiger partial charge is 0.479 e. The second-order valence-electron chi connectivity index (χ2n) is 6.10. The van der Waals surface area contributed by atoms with Gasteiger partial charge in [0, 0.05) is 0 Å². The van der Waals surface area contributed by atoms with E-state index >= 15 is 0 Å². The predicted molar refractivity (Wildman–Crippen MR) is 80.8 cm³/mol. The third-order valence-electron chi connectivity index (χ3n) is 4.36. The molecule has 0 aromatic rings. The molecule has 0 amide bonds. The van der Waals surface area contributed by atoms with Gasteiger partial charge in [0.25, 0.3) is 0 Å². The van der Waals surface area contributed by atoms with Crippen LogP contribution in [-0.4, -0.2) is 44.9 Å². The Morgan fingerprint density at radius 2 is 1.57 bits per heavy atom. The van der Waals surface area contributed by atoms with Crippen molar-refractivity contribution in [3.05, 3.63) is 0 Å². The Kier molecular flexibility index (Phi) is 7.48. The number of hydrogen-bond acceptors (Lipinski definition) is 5. The average Bonchev–Trinajstić information content (AvgIpc) is 2.75. The Labute approximate surface area is 135 Å². The van der Waals surface area contributed by atoms with Gasteiger partial charge in [-0.1, -0.05) is 58.3 Å². The van der Waals surface area contributed by atoms with E-state index in [1.54, 1.807) is 0 Å². The first-order valence-electron chi connectivity index (χ1n) is 8.24. The van der Waals surface area contributed by atoms with Crippen molar-refractivity contribution >= 4 is 17.9 Å². The minimum Gasteiger partial charge on any atom is -0.479 e. The van der Waals surface area contributed by atoms with Crippen LogP contribution < -0.4 is 0 Å². The van der Waals surface area contributed by atoms with E-state index in [1.807, 2.05) is 0 Å². The Hall–Kier alpha value is -1.63. The van der Waals surface area contributed by atoms with Gasteiger partial charge in [-0.05, 0) is 6.42 Å². The fraction of sp³-hybridized carbons (Fsp3) is 0.812. The summed E-state index contributed by atoms with van der Waals surface area (Å²) in [7, 11) is 0. The molecular weight excluding hydrogens is 304 g/mol. The number of rotatable bonds is 11. The zero-order valence-electron chi connectivity index (χ0n) is 13.5. The third-order valence-corrected chi connectivity index (χ3v) is 4.36. The van der Waals surface area contributed by atoms with Crippen LogP contribution >= 0.6 is 0 Å². The van der Waals surface area contributed by atoms with Gasteiger partial charge in [-0.25, -0.2) is 9.59 Å². The summed E-state index contributed by atoms with van der Waals surface area (Å²) in [5.74, 6) is -5.67. The van der Waals surface area contributed by atoms with Gasteiger partial charge < -0.3 is 20.1 Å². The van der Waals surface area contributed by atoms with Crippen LogP contribution in [0.2, 0.25) is 0 Å². The van der Waals surface area contributed by atoms with Gasteiger partial charge in [-0.3, -0.25) is 4.79 Å². The molecule has 1 aliphatic heterocycles. The van der Waals surface area contributed by atoms with Crippen LogP contribution in [0, 0.1) is 5.92 Å². The van der Waals surface area contributed by atoms with Gasteiger partial charge in [0.15, 0.2) is 0 Å². The molecule has 0 aliphatic carbocycles. The van der Waals surface area contributed by atoms with Crippen molar-refractivity contribution < 1.29 is 34.4 Å². The van der Waals surface area contributed by atoms with Gasteiger partial charge in [0.2, 0.25) is 11.7 Å². The number of carboxylic acids is 2. The molecule has 1 fully saturated rings. The lowest BCUT2D eigenvalue weighted by Crippen LogP contribution is -2.54. The molecule has 7 nitrogen and oxygen atoms in total. The van der Waals surface area contributed by atoms with Crippen molar-refractivity contribution in [1.82, 2.24) is 0 Å². The number of aliphatic carboxylic acids is 2. The first-order chi connectivity index (χ1) is 10.9. The fourth-order valence-electron chi connectivity index (χ4n) is 2.97. The number of carbonyl (C=O) groups excluding carboxylic acids is 1. The molecule has 132 valence electrons. The fourth-order valence-corrected chi connectivity index (χ4v) is 2.97. The van der Waals surface area contributed by atoms with E-state index in [0.717, 1.165) is 25.7 Å². The summed E-state index contributed by atoms with van der Waals surface area (Å²) in [4.78, 5) is 34.0. The average molecular weight is 330 g/mol. The van der Waals surface area contributed by atoms with Crippen molar-refractivity contribution in [2.45, 2.75) is 76.4 Å². The quantitative estimate of drug-likeness (QED) is 0.391. The predicted octanol–water partition coefficient (Wildman–Crippen LogP) is 1.96. The number of unbranched alkanes of at least 4 members (excludes halogenated alkanes) is 7. The number of cyclic esters (lactones) is 1. The SMILES string of the molecule is CCCCCCCCCC[C@H]1C(=O)O[C@@H](C(=O)O)[C@]1(O)C(=O)O. The molecule has 1 rings (SSSR count). The molecule has 3 atom stereocenters. The minimum absolute atomic E-state index is 0.111. The standard InChI is InChI=1S/C16H26O7/c1-2-3-4-5-6-7-8-9-10-11-14(19)23-12(13(17)18)16(11,22)15(20)21/h11-12,22H,2-10H2,1H3,(H,17,18)(H,20,21)/t11-,12-,16-/m0/s1. The molecule has 1 saturated heterocycles. The van der Waals surface area contributed by atoms with E-state index in [2.05, 4.69) is 11.7 Å². The molecule has 23 heavy (non-hydrogen) atoms. The summed E-state index contributed by atoms with van der Waals surface area (Å²) in [6.07, 6.45) is 6.23. The lowest BCUT2D eigenvalue weighted by molar-refractivity contribution is -0.179. The summed E-state index contributed by atoms with van der Waals surface area (Å²) in [5, 5.41) is 28.3. The highest BCUT2D eigenvalue weighted by molar-refractivity contribution is 5.97. The van der Waals surface area contributed by atoms with Crippen molar-refractivity contribution in [2.75, 3.05) is 0 Å². The molecule has 7 heteroatoms. The summed E-state index contributed by atoms with van der Waals surface area (Å²) in [5.41, 5.74) is -2.69. The zero-order valence-corrected chi connectivity index (χ0v) is 13.5. The molecule has 1 heterocycles. The number of carbonyl (C=O) groups is 3. The highest BCUT2D eigenvalue weighted by Gasteiger charge is 2.64. The molecule has 3 N–H and O–H groups in total. The van der Waals surface area contributed by atoms with Crippen LogP contribution in [0.25, 0.3) is 0 Å².